The maximum atomic E-state index is 14.2. The first-order chi connectivity index (χ1) is 16.8. The van der Waals surface area contributed by atoms with Crippen LogP contribution in [0.15, 0.2) is 54.6 Å². The molecule has 35 heavy (non-hydrogen) atoms. The van der Waals surface area contributed by atoms with Crippen molar-refractivity contribution >= 4 is 17.7 Å². The van der Waals surface area contributed by atoms with Crippen LogP contribution in [0.1, 0.15) is 24.0 Å². The number of carbonyl (C=O) groups excluding carboxylic acids is 3. The molecule has 0 aliphatic carbocycles. The average Bonchev–Trinajstić information content (AvgIpc) is 3.08. The largest absolute Gasteiger partial charge is 0.340 e. The number of hydrogen-bond acceptors (Lipinski definition) is 5. The van der Waals surface area contributed by atoms with Crippen LogP contribution in [0.25, 0.3) is 0 Å². The lowest BCUT2D eigenvalue weighted by molar-refractivity contribution is -0.143. The van der Waals surface area contributed by atoms with Crippen molar-refractivity contribution in [2.75, 3.05) is 53.4 Å². The number of likely N-dealkylation sites (tertiary alicyclic amines) is 1. The van der Waals surface area contributed by atoms with Crippen molar-refractivity contribution in [2.45, 2.75) is 24.8 Å². The molecule has 2 aliphatic heterocycles. The minimum atomic E-state index is -1.37. The number of halogens is 1. The molecule has 0 spiro atoms. The summed E-state index contributed by atoms with van der Waals surface area (Å²) in [5.41, 5.74) is 0.244. The van der Waals surface area contributed by atoms with Crippen LogP contribution in [-0.2, 0) is 26.3 Å². The van der Waals surface area contributed by atoms with E-state index in [0.29, 0.717) is 25.2 Å². The highest BCUT2D eigenvalue weighted by Gasteiger charge is 2.54. The maximum Gasteiger partial charge on any atom is 0.240 e. The number of hydrogen-bond donors (Lipinski definition) is 0. The predicted molar refractivity (Wildman–Crippen MR) is 131 cm³/mol. The van der Waals surface area contributed by atoms with Crippen LogP contribution in [0, 0.1) is 5.82 Å². The molecular formula is C27H33FN4O3. The van der Waals surface area contributed by atoms with Crippen LogP contribution in [0.2, 0.25) is 0 Å². The molecule has 0 saturated carbocycles. The van der Waals surface area contributed by atoms with Gasteiger partial charge in [-0.05, 0) is 37.4 Å². The fraction of sp³-hybridized carbons (Fsp3) is 0.444. The van der Waals surface area contributed by atoms with Gasteiger partial charge in [-0.15, -0.1) is 0 Å². The molecule has 2 heterocycles. The highest BCUT2D eigenvalue weighted by molar-refractivity contribution is 6.10. The highest BCUT2D eigenvalue weighted by atomic mass is 19.1. The van der Waals surface area contributed by atoms with Crippen molar-refractivity contribution in [1.82, 2.24) is 19.6 Å². The summed E-state index contributed by atoms with van der Waals surface area (Å²) in [4.78, 5) is 47.1. The Morgan fingerprint density at radius 1 is 1.00 bits per heavy atom. The lowest BCUT2D eigenvalue weighted by Crippen LogP contribution is -2.50. The lowest BCUT2D eigenvalue weighted by Gasteiger charge is -2.36. The molecule has 0 radical (unpaired) electrons. The number of imide groups is 1. The Morgan fingerprint density at radius 2 is 1.71 bits per heavy atom. The molecule has 3 amide bonds. The van der Waals surface area contributed by atoms with Gasteiger partial charge < -0.3 is 9.80 Å². The molecule has 186 valence electrons. The zero-order chi connectivity index (χ0) is 25.0. The lowest BCUT2D eigenvalue weighted by atomic mass is 9.75. The fourth-order valence-electron chi connectivity index (χ4n) is 4.95. The Labute approximate surface area is 206 Å². The van der Waals surface area contributed by atoms with Gasteiger partial charge in [0.1, 0.15) is 5.82 Å². The molecule has 4 rings (SSSR count). The smallest absolute Gasteiger partial charge is 0.240 e. The second-order valence-corrected chi connectivity index (χ2v) is 9.74. The minimum absolute atomic E-state index is 0.123. The summed E-state index contributed by atoms with van der Waals surface area (Å²) in [7, 11) is 3.73. The second-order valence-electron chi connectivity index (χ2n) is 9.74. The van der Waals surface area contributed by atoms with Gasteiger partial charge >= 0.3 is 0 Å². The number of rotatable bonds is 8. The Morgan fingerprint density at radius 3 is 2.37 bits per heavy atom. The average molecular weight is 481 g/mol. The van der Waals surface area contributed by atoms with Gasteiger partial charge in [-0.3, -0.25) is 24.2 Å². The summed E-state index contributed by atoms with van der Waals surface area (Å²) in [6, 6.07) is 16.0. The van der Waals surface area contributed by atoms with Gasteiger partial charge in [0.15, 0.2) is 0 Å². The molecule has 0 N–H and O–H groups in total. The highest BCUT2D eigenvalue weighted by Crippen LogP contribution is 2.40. The van der Waals surface area contributed by atoms with E-state index in [4.69, 9.17) is 0 Å². The third-order valence-electron chi connectivity index (χ3n) is 6.98. The van der Waals surface area contributed by atoms with Gasteiger partial charge in [0.2, 0.25) is 17.7 Å². The van der Waals surface area contributed by atoms with Crippen molar-refractivity contribution in [1.29, 1.82) is 0 Å². The Balaban J connectivity index is 1.49. The third kappa shape index (κ3) is 5.60. The van der Waals surface area contributed by atoms with E-state index in [1.54, 1.807) is 11.0 Å². The molecule has 2 aromatic carbocycles. The van der Waals surface area contributed by atoms with E-state index < -0.39 is 17.1 Å². The third-order valence-corrected chi connectivity index (χ3v) is 6.98. The van der Waals surface area contributed by atoms with Gasteiger partial charge in [-0.25, -0.2) is 4.39 Å². The molecule has 0 unspecified atom stereocenters. The van der Waals surface area contributed by atoms with Crippen molar-refractivity contribution in [2.24, 2.45) is 0 Å². The van der Waals surface area contributed by atoms with Crippen LogP contribution in [0.3, 0.4) is 0 Å². The molecule has 7 nitrogen and oxygen atoms in total. The van der Waals surface area contributed by atoms with Crippen LogP contribution >= 0.6 is 0 Å². The molecule has 1 atom stereocenters. The summed E-state index contributed by atoms with van der Waals surface area (Å²) in [5, 5.41) is 0. The SMILES string of the molecule is CN(C)CCN1C(=O)C[C@](CC(=O)N2CCN(Cc3ccccc3)CC2)(c2cccc(F)c2)C1=O. The Kier molecular flexibility index (Phi) is 7.62. The monoisotopic (exact) mass is 480 g/mol. The summed E-state index contributed by atoms with van der Waals surface area (Å²) < 4.78 is 14.2. The van der Waals surface area contributed by atoms with E-state index in [1.807, 2.05) is 37.2 Å². The van der Waals surface area contributed by atoms with Crippen molar-refractivity contribution in [3.8, 4) is 0 Å². The van der Waals surface area contributed by atoms with E-state index >= 15 is 0 Å². The first kappa shape index (κ1) is 25.0. The van der Waals surface area contributed by atoms with E-state index in [1.165, 1.54) is 28.7 Å². The summed E-state index contributed by atoms with van der Waals surface area (Å²) in [5.74, 6) is -1.40. The number of likely N-dealkylation sites (N-methyl/N-ethyl adjacent to an activating group) is 1. The molecule has 2 aliphatic rings. The number of carbonyl (C=O) groups is 3. The van der Waals surface area contributed by atoms with Gasteiger partial charge in [0.05, 0.1) is 5.41 Å². The number of benzene rings is 2. The van der Waals surface area contributed by atoms with Gasteiger partial charge in [0, 0.05) is 58.7 Å². The number of piperazine rings is 1. The van der Waals surface area contributed by atoms with E-state index in [-0.39, 0.29) is 31.2 Å². The van der Waals surface area contributed by atoms with Crippen LogP contribution in [0.4, 0.5) is 4.39 Å². The summed E-state index contributed by atoms with van der Waals surface area (Å²) in [6.45, 7) is 4.16. The Bertz CT molecular complexity index is 1070. The van der Waals surface area contributed by atoms with Crippen molar-refractivity contribution < 1.29 is 18.8 Å². The van der Waals surface area contributed by atoms with Gasteiger partial charge in [-0.1, -0.05) is 42.5 Å². The normalized spacial score (nSPS) is 21.3. The molecule has 2 fully saturated rings. The zero-order valence-electron chi connectivity index (χ0n) is 20.5. The fourth-order valence-corrected chi connectivity index (χ4v) is 4.95. The van der Waals surface area contributed by atoms with Gasteiger partial charge in [0.25, 0.3) is 0 Å². The predicted octanol–water partition coefficient (Wildman–Crippen LogP) is 2.12. The topological polar surface area (TPSA) is 64.2 Å². The first-order valence-corrected chi connectivity index (χ1v) is 12.1. The van der Waals surface area contributed by atoms with Crippen molar-refractivity contribution in [3.63, 3.8) is 0 Å². The van der Waals surface area contributed by atoms with E-state index in [2.05, 4.69) is 17.0 Å². The quantitative estimate of drug-likeness (QED) is 0.542. The second kappa shape index (κ2) is 10.7. The standard InChI is InChI=1S/C27H33FN4O3/c1-29(2)11-16-32-25(34)19-27(26(32)35,22-9-6-10-23(28)17-22)18-24(33)31-14-12-30(13-15-31)20-21-7-4-3-5-8-21/h3-10,17H,11-16,18-20H2,1-2H3/t27-/m1/s1. The molecular weight excluding hydrogens is 447 g/mol. The van der Waals surface area contributed by atoms with Crippen LogP contribution < -0.4 is 0 Å². The Hall–Kier alpha value is -3.10. The van der Waals surface area contributed by atoms with Gasteiger partial charge in [-0.2, -0.15) is 0 Å². The maximum absolute atomic E-state index is 14.2. The molecule has 8 heteroatoms. The minimum Gasteiger partial charge on any atom is -0.340 e. The van der Waals surface area contributed by atoms with Crippen LogP contribution in [-0.4, -0.2) is 90.7 Å². The molecule has 2 saturated heterocycles. The van der Waals surface area contributed by atoms with Crippen LogP contribution in [0.5, 0.6) is 0 Å². The molecule has 2 aromatic rings. The summed E-state index contributed by atoms with van der Waals surface area (Å²) in [6.07, 6.45) is -0.263. The zero-order valence-corrected chi connectivity index (χ0v) is 20.5. The van der Waals surface area contributed by atoms with Crippen molar-refractivity contribution in [3.05, 3.63) is 71.5 Å². The van der Waals surface area contributed by atoms with E-state index in [0.717, 1.165) is 19.6 Å². The number of amides is 3. The number of nitrogens with zero attached hydrogens (tertiary/aromatic N) is 4. The van der Waals surface area contributed by atoms with E-state index in [9.17, 15) is 18.8 Å². The summed E-state index contributed by atoms with van der Waals surface area (Å²) >= 11 is 0. The molecule has 0 bridgehead atoms. The molecule has 0 aromatic heterocycles. The first-order valence-electron chi connectivity index (χ1n) is 12.1.